The summed E-state index contributed by atoms with van der Waals surface area (Å²) in [6, 6.07) is 9.79. The van der Waals surface area contributed by atoms with Crippen LogP contribution >= 0.6 is 0 Å². The monoisotopic (exact) mass is 333 g/mol. The van der Waals surface area contributed by atoms with Crippen molar-refractivity contribution in [2.45, 2.75) is 46.1 Å². The molecule has 0 aliphatic carbocycles. The number of hydrogen-bond acceptors (Lipinski definition) is 3. The lowest BCUT2D eigenvalue weighted by atomic mass is 10.0. The molecular weight excluding hydrogens is 310 g/mol. The van der Waals surface area contributed by atoms with Gasteiger partial charge in [-0.25, -0.2) is 0 Å². The highest BCUT2D eigenvalue weighted by atomic mass is 32.2. The van der Waals surface area contributed by atoms with Crippen molar-refractivity contribution in [3.05, 3.63) is 41.5 Å². The van der Waals surface area contributed by atoms with Gasteiger partial charge in [0.25, 0.3) is 0 Å². The Bertz CT molecular complexity index is 856. The van der Waals surface area contributed by atoms with Gasteiger partial charge in [-0.3, -0.25) is 0 Å². The lowest BCUT2D eigenvalue weighted by Gasteiger charge is -2.29. The topological polar surface area (TPSA) is 46.6 Å². The zero-order valence-corrected chi connectivity index (χ0v) is 14.9. The van der Waals surface area contributed by atoms with Crippen molar-refractivity contribution < 1.29 is 12.6 Å². The van der Waals surface area contributed by atoms with Gasteiger partial charge in [0.1, 0.15) is 5.75 Å². The standard InChI is InChI=1S/C18H23NO3S/c1-13-6-8-16-14(2)17(9-7-15(16)12-13)22-23(20,21)19-11-5-10-18(19,3)4/h6-9,12H,5,10-11H2,1-4H3. The Morgan fingerprint density at radius 1 is 1.13 bits per heavy atom. The maximum atomic E-state index is 12.7. The number of hydrogen-bond donors (Lipinski definition) is 0. The van der Waals surface area contributed by atoms with E-state index in [4.69, 9.17) is 4.18 Å². The third kappa shape index (κ3) is 2.95. The molecule has 4 nitrogen and oxygen atoms in total. The van der Waals surface area contributed by atoms with Gasteiger partial charge in [0.2, 0.25) is 0 Å². The third-order valence-electron chi connectivity index (χ3n) is 4.68. The highest BCUT2D eigenvalue weighted by Crippen LogP contribution is 2.34. The number of fused-ring (bicyclic) bond motifs is 1. The summed E-state index contributed by atoms with van der Waals surface area (Å²) in [5, 5.41) is 2.11. The molecule has 1 heterocycles. The van der Waals surface area contributed by atoms with Crippen molar-refractivity contribution in [2.75, 3.05) is 6.54 Å². The van der Waals surface area contributed by atoms with Crippen LogP contribution in [0.3, 0.4) is 0 Å². The molecule has 23 heavy (non-hydrogen) atoms. The summed E-state index contributed by atoms with van der Waals surface area (Å²) < 4.78 is 32.3. The van der Waals surface area contributed by atoms with Gasteiger partial charge in [0.15, 0.2) is 0 Å². The molecule has 0 saturated carbocycles. The molecule has 2 aromatic carbocycles. The summed E-state index contributed by atoms with van der Waals surface area (Å²) in [6.07, 6.45) is 1.72. The molecule has 0 bridgehead atoms. The zero-order chi connectivity index (χ0) is 16.8. The summed E-state index contributed by atoms with van der Waals surface area (Å²) in [7, 11) is -3.79. The first kappa shape index (κ1) is 16.3. The van der Waals surface area contributed by atoms with E-state index in [-0.39, 0.29) is 5.54 Å². The fourth-order valence-electron chi connectivity index (χ4n) is 3.33. The summed E-state index contributed by atoms with van der Waals surface area (Å²) in [5.74, 6) is 0.407. The van der Waals surface area contributed by atoms with E-state index in [2.05, 4.69) is 6.07 Å². The van der Waals surface area contributed by atoms with E-state index in [9.17, 15) is 8.42 Å². The molecule has 5 heteroatoms. The average Bonchev–Trinajstić information content (AvgIpc) is 2.82. The van der Waals surface area contributed by atoms with Gasteiger partial charge in [0, 0.05) is 17.6 Å². The molecule has 0 amide bonds. The molecule has 0 aromatic heterocycles. The Morgan fingerprint density at radius 2 is 1.87 bits per heavy atom. The maximum Gasteiger partial charge on any atom is 0.385 e. The molecule has 0 radical (unpaired) electrons. The molecule has 3 rings (SSSR count). The molecule has 0 N–H and O–H groups in total. The third-order valence-corrected chi connectivity index (χ3v) is 6.29. The SMILES string of the molecule is Cc1ccc2c(C)c(OS(=O)(=O)N3CCCC3(C)C)ccc2c1. The van der Waals surface area contributed by atoms with Crippen molar-refractivity contribution in [1.29, 1.82) is 0 Å². The van der Waals surface area contributed by atoms with E-state index < -0.39 is 10.3 Å². The number of aryl methyl sites for hydroxylation is 2. The number of benzene rings is 2. The molecule has 1 aliphatic rings. The molecule has 0 unspecified atom stereocenters. The number of nitrogens with zero attached hydrogens (tertiary/aromatic N) is 1. The van der Waals surface area contributed by atoms with Crippen LogP contribution in [-0.4, -0.2) is 24.8 Å². The van der Waals surface area contributed by atoms with Gasteiger partial charge in [-0.1, -0.05) is 29.8 Å². The Hall–Kier alpha value is -1.59. The quantitative estimate of drug-likeness (QED) is 0.854. The van der Waals surface area contributed by atoms with Crippen molar-refractivity contribution in [1.82, 2.24) is 4.31 Å². The fourth-order valence-corrected chi connectivity index (χ4v) is 4.88. The summed E-state index contributed by atoms with van der Waals surface area (Å²) in [4.78, 5) is 0. The Labute approximate surface area is 138 Å². The van der Waals surface area contributed by atoms with Crippen molar-refractivity contribution in [2.24, 2.45) is 0 Å². The summed E-state index contributed by atoms with van der Waals surface area (Å²) in [5.41, 5.74) is 1.64. The van der Waals surface area contributed by atoms with Crippen LogP contribution in [0.2, 0.25) is 0 Å². The van der Waals surface area contributed by atoms with Gasteiger partial charge < -0.3 is 4.18 Å². The first-order valence-electron chi connectivity index (χ1n) is 7.93. The van der Waals surface area contributed by atoms with Crippen molar-refractivity contribution in [3.8, 4) is 5.75 Å². The molecule has 0 spiro atoms. The van der Waals surface area contributed by atoms with E-state index in [0.29, 0.717) is 12.3 Å². The predicted octanol–water partition coefficient (Wildman–Crippen LogP) is 3.95. The first-order valence-corrected chi connectivity index (χ1v) is 9.29. The van der Waals surface area contributed by atoms with Crippen LogP contribution in [-0.2, 0) is 10.3 Å². The molecule has 2 aromatic rings. The van der Waals surface area contributed by atoms with Gasteiger partial charge in [-0.15, -0.1) is 0 Å². The van der Waals surface area contributed by atoms with Crippen LogP contribution < -0.4 is 4.18 Å². The lowest BCUT2D eigenvalue weighted by molar-refractivity contribution is 0.265. The molecule has 1 saturated heterocycles. The van der Waals surface area contributed by atoms with E-state index in [1.807, 2.05) is 45.9 Å². The van der Waals surface area contributed by atoms with Gasteiger partial charge in [-0.05, 0) is 57.4 Å². The fraction of sp³-hybridized carbons (Fsp3) is 0.444. The Kier molecular flexibility index (Phi) is 3.89. The minimum atomic E-state index is -3.79. The zero-order valence-electron chi connectivity index (χ0n) is 14.1. The van der Waals surface area contributed by atoms with Crippen molar-refractivity contribution in [3.63, 3.8) is 0 Å². The largest absolute Gasteiger partial charge is 0.385 e. The second-order valence-electron chi connectivity index (χ2n) is 6.94. The van der Waals surface area contributed by atoms with Crippen molar-refractivity contribution >= 4 is 21.1 Å². The number of rotatable bonds is 3. The van der Waals surface area contributed by atoms with Crippen LogP contribution in [0, 0.1) is 13.8 Å². The molecule has 124 valence electrons. The normalized spacial score (nSPS) is 18.4. The minimum Gasteiger partial charge on any atom is -0.370 e. The van der Waals surface area contributed by atoms with Crippen LogP contribution in [0.25, 0.3) is 10.8 Å². The highest BCUT2D eigenvalue weighted by Gasteiger charge is 2.41. The van der Waals surface area contributed by atoms with E-state index >= 15 is 0 Å². The smallest absolute Gasteiger partial charge is 0.370 e. The van der Waals surface area contributed by atoms with Gasteiger partial charge in [-0.2, -0.15) is 12.7 Å². The van der Waals surface area contributed by atoms with Crippen LogP contribution in [0.4, 0.5) is 0 Å². The molecular formula is C18H23NO3S. The Morgan fingerprint density at radius 3 is 2.52 bits per heavy atom. The minimum absolute atomic E-state index is 0.388. The first-order chi connectivity index (χ1) is 10.7. The van der Waals surface area contributed by atoms with Crippen LogP contribution in [0.5, 0.6) is 5.75 Å². The summed E-state index contributed by atoms with van der Waals surface area (Å²) >= 11 is 0. The molecule has 1 aliphatic heterocycles. The second-order valence-corrected chi connectivity index (χ2v) is 8.41. The molecule has 0 atom stereocenters. The van der Waals surface area contributed by atoms with Gasteiger partial charge >= 0.3 is 10.3 Å². The van der Waals surface area contributed by atoms with Crippen LogP contribution in [0.15, 0.2) is 30.3 Å². The van der Waals surface area contributed by atoms with E-state index in [1.165, 1.54) is 9.87 Å². The second kappa shape index (κ2) is 5.49. The Balaban J connectivity index is 1.98. The lowest BCUT2D eigenvalue weighted by Crippen LogP contribution is -2.44. The maximum absolute atomic E-state index is 12.7. The van der Waals surface area contributed by atoms with E-state index in [1.54, 1.807) is 6.07 Å². The van der Waals surface area contributed by atoms with Crippen LogP contribution in [0.1, 0.15) is 37.8 Å². The molecule has 1 fully saturated rings. The van der Waals surface area contributed by atoms with E-state index in [0.717, 1.165) is 29.2 Å². The summed E-state index contributed by atoms with van der Waals surface area (Å²) in [6.45, 7) is 8.34. The predicted molar refractivity (Wildman–Crippen MR) is 93.0 cm³/mol. The average molecular weight is 333 g/mol. The highest BCUT2D eigenvalue weighted by molar-refractivity contribution is 7.84. The van der Waals surface area contributed by atoms with Gasteiger partial charge in [0.05, 0.1) is 0 Å².